The van der Waals surface area contributed by atoms with E-state index in [2.05, 4.69) is 23.8 Å². The van der Waals surface area contributed by atoms with Crippen LogP contribution in [0.15, 0.2) is 0 Å². The minimum absolute atomic E-state index is 0.0866. The summed E-state index contributed by atoms with van der Waals surface area (Å²) in [5, 5.41) is 6.07. The molecule has 84 valence electrons. The summed E-state index contributed by atoms with van der Waals surface area (Å²) in [6.07, 6.45) is 3.20. The zero-order valence-corrected chi connectivity index (χ0v) is 10.4. The van der Waals surface area contributed by atoms with Crippen molar-refractivity contribution in [3.8, 4) is 0 Å². The average Bonchev–Trinajstić information content (AvgIpc) is 2.15. The lowest BCUT2D eigenvalue weighted by Gasteiger charge is -2.18. The molecule has 0 aliphatic carbocycles. The van der Waals surface area contributed by atoms with Gasteiger partial charge in [-0.25, -0.2) is 0 Å². The van der Waals surface area contributed by atoms with E-state index in [4.69, 9.17) is 0 Å². The van der Waals surface area contributed by atoms with Crippen LogP contribution in [0.2, 0.25) is 0 Å². The van der Waals surface area contributed by atoms with Crippen molar-refractivity contribution in [1.82, 2.24) is 10.6 Å². The Morgan fingerprint density at radius 3 is 2.57 bits per heavy atom. The number of nitrogens with one attached hydrogen (secondary N) is 2. The van der Waals surface area contributed by atoms with E-state index in [1.807, 2.05) is 25.6 Å². The summed E-state index contributed by atoms with van der Waals surface area (Å²) >= 11 is 1.84. The van der Waals surface area contributed by atoms with Crippen LogP contribution in [-0.4, -0.2) is 36.5 Å². The van der Waals surface area contributed by atoms with Gasteiger partial charge in [-0.2, -0.15) is 11.8 Å². The molecular formula is C10H22N2OS. The fourth-order valence-corrected chi connectivity index (χ4v) is 1.80. The summed E-state index contributed by atoms with van der Waals surface area (Å²) in [6, 6.07) is 0.312. The number of hydrogen-bond acceptors (Lipinski definition) is 3. The third-order valence-corrected chi connectivity index (χ3v) is 2.68. The predicted molar refractivity (Wildman–Crippen MR) is 63.7 cm³/mol. The standard InChI is InChI=1S/C10H22N2OS/c1-5-11-10(13)9(3)12-8(2)6-7-14-4/h8-9,12H,5-7H2,1-4H3,(H,11,13). The highest BCUT2D eigenvalue weighted by atomic mass is 32.2. The highest BCUT2D eigenvalue weighted by molar-refractivity contribution is 7.98. The Bertz CT molecular complexity index is 164. The topological polar surface area (TPSA) is 41.1 Å². The van der Waals surface area contributed by atoms with Gasteiger partial charge in [-0.05, 0) is 39.2 Å². The molecule has 14 heavy (non-hydrogen) atoms. The Morgan fingerprint density at radius 1 is 1.43 bits per heavy atom. The first-order valence-corrected chi connectivity index (χ1v) is 6.53. The fraction of sp³-hybridized carbons (Fsp3) is 0.900. The fourth-order valence-electron chi connectivity index (χ4n) is 1.21. The number of thioether (sulfide) groups is 1. The Morgan fingerprint density at radius 2 is 2.07 bits per heavy atom. The second-order valence-corrected chi connectivity index (χ2v) is 4.45. The van der Waals surface area contributed by atoms with Crippen molar-refractivity contribution in [3.63, 3.8) is 0 Å². The minimum atomic E-state index is -0.0909. The van der Waals surface area contributed by atoms with Crippen LogP contribution in [0.5, 0.6) is 0 Å². The van der Waals surface area contributed by atoms with Crippen molar-refractivity contribution < 1.29 is 4.79 Å². The summed E-state index contributed by atoms with van der Waals surface area (Å²) in [6.45, 7) is 6.65. The van der Waals surface area contributed by atoms with Gasteiger partial charge in [0.15, 0.2) is 0 Å². The average molecular weight is 218 g/mol. The third-order valence-electron chi connectivity index (χ3n) is 2.03. The molecule has 0 saturated carbocycles. The Kier molecular flexibility index (Phi) is 7.99. The largest absolute Gasteiger partial charge is 0.355 e. The molecule has 0 aromatic rings. The highest BCUT2D eigenvalue weighted by Gasteiger charge is 2.13. The zero-order valence-electron chi connectivity index (χ0n) is 9.59. The Labute approximate surface area is 91.4 Å². The van der Waals surface area contributed by atoms with Gasteiger partial charge in [0.25, 0.3) is 0 Å². The molecule has 0 rings (SSSR count). The number of hydrogen-bond donors (Lipinski definition) is 2. The van der Waals surface area contributed by atoms with E-state index in [0.717, 1.165) is 12.2 Å². The third kappa shape index (κ3) is 6.27. The van der Waals surface area contributed by atoms with Gasteiger partial charge in [0.1, 0.15) is 0 Å². The molecule has 0 heterocycles. The highest BCUT2D eigenvalue weighted by Crippen LogP contribution is 2.00. The van der Waals surface area contributed by atoms with Crippen LogP contribution in [0, 0.1) is 0 Å². The van der Waals surface area contributed by atoms with Crippen molar-refractivity contribution in [3.05, 3.63) is 0 Å². The van der Waals surface area contributed by atoms with E-state index < -0.39 is 0 Å². The number of carbonyl (C=O) groups excluding carboxylic acids is 1. The molecule has 0 radical (unpaired) electrons. The molecule has 0 bridgehead atoms. The Balaban J connectivity index is 3.68. The van der Waals surface area contributed by atoms with Crippen LogP contribution >= 0.6 is 11.8 Å². The lowest BCUT2D eigenvalue weighted by Crippen LogP contribution is -2.45. The molecule has 0 aromatic carbocycles. The van der Waals surface area contributed by atoms with Crippen LogP contribution in [0.3, 0.4) is 0 Å². The SMILES string of the molecule is CCNC(=O)C(C)NC(C)CCSC. The van der Waals surface area contributed by atoms with Crippen LogP contribution in [0.25, 0.3) is 0 Å². The summed E-state index contributed by atoms with van der Waals surface area (Å²) in [5.41, 5.74) is 0. The van der Waals surface area contributed by atoms with Crippen LogP contribution in [0.1, 0.15) is 27.2 Å². The molecule has 4 heteroatoms. The van der Waals surface area contributed by atoms with E-state index >= 15 is 0 Å². The minimum Gasteiger partial charge on any atom is -0.355 e. The maximum Gasteiger partial charge on any atom is 0.236 e. The lowest BCUT2D eigenvalue weighted by atomic mass is 10.2. The van der Waals surface area contributed by atoms with Gasteiger partial charge in [0, 0.05) is 12.6 Å². The molecule has 0 saturated heterocycles. The smallest absolute Gasteiger partial charge is 0.236 e. The van der Waals surface area contributed by atoms with E-state index in [0.29, 0.717) is 12.6 Å². The van der Waals surface area contributed by atoms with Crippen molar-refractivity contribution in [2.24, 2.45) is 0 Å². The molecule has 0 fully saturated rings. The van der Waals surface area contributed by atoms with Gasteiger partial charge in [0.2, 0.25) is 5.91 Å². The maximum atomic E-state index is 11.4. The molecule has 1 amide bonds. The molecule has 3 nitrogen and oxygen atoms in total. The van der Waals surface area contributed by atoms with E-state index in [-0.39, 0.29) is 11.9 Å². The molecular weight excluding hydrogens is 196 g/mol. The van der Waals surface area contributed by atoms with Gasteiger partial charge < -0.3 is 10.6 Å². The number of amides is 1. The van der Waals surface area contributed by atoms with Crippen molar-refractivity contribution >= 4 is 17.7 Å². The zero-order chi connectivity index (χ0) is 11.0. The molecule has 0 aliphatic heterocycles. The van der Waals surface area contributed by atoms with Crippen molar-refractivity contribution in [2.45, 2.75) is 39.3 Å². The normalized spacial score (nSPS) is 14.9. The van der Waals surface area contributed by atoms with Gasteiger partial charge in [0.05, 0.1) is 6.04 Å². The number of carbonyl (C=O) groups is 1. The first-order valence-electron chi connectivity index (χ1n) is 5.14. The molecule has 2 atom stereocenters. The second-order valence-electron chi connectivity index (χ2n) is 3.47. The molecule has 0 aliphatic rings. The van der Waals surface area contributed by atoms with Gasteiger partial charge in [-0.15, -0.1) is 0 Å². The van der Waals surface area contributed by atoms with Crippen molar-refractivity contribution in [1.29, 1.82) is 0 Å². The quantitative estimate of drug-likeness (QED) is 0.675. The first-order chi connectivity index (χ1) is 6.61. The van der Waals surface area contributed by atoms with Crippen LogP contribution in [0.4, 0.5) is 0 Å². The Hall–Kier alpha value is -0.220. The molecule has 2 N–H and O–H groups in total. The van der Waals surface area contributed by atoms with Crippen LogP contribution < -0.4 is 10.6 Å². The van der Waals surface area contributed by atoms with Gasteiger partial charge >= 0.3 is 0 Å². The summed E-state index contributed by atoms with van der Waals surface area (Å²) in [5.74, 6) is 1.22. The van der Waals surface area contributed by atoms with Gasteiger partial charge in [-0.1, -0.05) is 0 Å². The summed E-state index contributed by atoms with van der Waals surface area (Å²) in [7, 11) is 0. The number of rotatable bonds is 7. The van der Waals surface area contributed by atoms with E-state index in [1.165, 1.54) is 0 Å². The molecule has 2 unspecified atom stereocenters. The lowest BCUT2D eigenvalue weighted by molar-refractivity contribution is -0.122. The first kappa shape index (κ1) is 13.8. The molecule has 0 aromatic heterocycles. The summed E-state index contributed by atoms with van der Waals surface area (Å²) < 4.78 is 0. The predicted octanol–water partition coefficient (Wildman–Crippen LogP) is 1.24. The summed E-state index contributed by atoms with van der Waals surface area (Å²) in [4.78, 5) is 11.4. The maximum absolute atomic E-state index is 11.4. The molecule has 0 spiro atoms. The van der Waals surface area contributed by atoms with Gasteiger partial charge in [-0.3, -0.25) is 4.79 Å². The monoisotopic (exact) mass is 218 g/mol. The van der Waals surface area contributed by atoms with Crippen LogP contribution in [-0.2, 0) is 4.79 Å². The second kappa shape index (κ2) is 8.12. The van der Waals surface area contributed by atoms with Crippen molar-refractivity contribution in [2.75, 3.05) is 18.6 Å². The van der Waals surface area contributed by atoms with E-state index in [1.54, 1.807) is 0 Å². The van der Waals surface area contributed by atoms with E-state index in [9.17, 15) is 4.79 Å². The number of likely N-dealkylation sites (N-methyl/N-ethyl adjacent to an activating group) is 1.